The van der Waals surface area contributed by atoms with Gasteiger partial charge in [0.05, 0.1) is 11.4 Å². The summed E-state index contributed by atoms with van der Waals surface area (Å²) >= 11 is 0. The van der Waals surface area contributed by atoms with Crippen molar-refractivity contribution >= 4 is 23.0 Å². The number of carbonyl (C=O) groups excluding carboxylic acids is 1. The normalized spacial score (nSPS) is 13.9. The maximum Gasteiger partial charge on any atom is 0.291 e. The fourth-order valence-electron chi connectivity index (χ4n) is 4.06. The van der Waals surface area contributed by atoms with E-state index >= 15 is 0 Å². The standard InChI is InChI=1S/C28H25N3O3/c1-19-26-24(31-30-21-9-4-2-5-10-21)13-8-14-25(26)34-27(19)28(32)29-20-15-17-23(18-16-20)33-22-11-6-3-7-12-22/h2-7,9-12,15-18,30H,8,13-14H2,1H3,(H,29,32)/b31-24+. The Morgan fingerprint density at radius 3 is 2.26 bits per heavy atom. The summed E-state index contributed by atoms with van der Waals surface area (Å²) in [6, 6.07) is 26.6. The molecule has 5 rings (SSSR count). The summed E-state index contributed by atoms with van der Waals surface area (Å²) in [5.41, 5.74) is 7.36. The largest absolute Gasteiger partial charge is 0.457 e. The fraction of sp³-hybridized carbons (Fsp3) is 0.143. The third-order valence-corrected chi connectivity index (χ3v) is 5.72. The van der Waals surface area contributed by atoms with Crippen LogP contribution in [0, 0.1) is 6.92 Å². The zero-order valence-electron chi connectivity index (χ0n) is 18.9. The number of hydrazone groups is 1. The number of para-hydroxylation sites is 2. The Kier molecular flexibility index (Phi) is 6.12. The first-order valence-corrected chi connectivity index (χ1v) is 11.3. The molecule has 4 aromatic rings. The SMILES string of the molecule is Cc1c(C(=O)Nc2ccc(Oc3ccccc3)cc2)oc2c1/C(=N/Nc1ccccc1)CCC2. The maximum absolute atomic E-state index is 13.0. The van der Waals surface area contributed by atoms with Gasteiger partial charge in [-0.25, -0.2) is 0 Å². The summed E-state index contributed by atoms with van der Waals surface area (Å²) < 4.78 is 11.8. The lowest BCUT2D eigenvalue weighted by Gasteiger charge is -2.13. The lowest BCUT2D eigenvalue weighted by Crippen LogP contribution is -2.14. The number of aryl methyl sites for hydroxylation is 1. The van der Waals surface area contributed by atoms with Crippen molar-refractivity contribution in [2.45, 2.75) is 26.2 Å². The molecule has 0 bridgehead atoms. The van der Waals surface area contributed by atoms with Gasteiger partial charge in [0.1, 0.15) is 17.3 Å². The highest BCUT2D eigenvalue weighted by Gasteiger charge is 2.28. The molecule has 3 aromatic carbocycles. The average Bonchev–Trinajstić information content (AvgIpc) is 3.22. The van der Waals surface area contributed by atoms with Gasteiger partial charge in [0.2, 0.25) is 0 Å². The van der Waals surface area contributed by atoms with E-state index in [4.69, 9.17) is 9.15 Å². The Balaban J connectivity index is 1.31. The molecule has 1 aromatic heterocycles. The lowest BCUT2D eigenvalue weighted by molar-refractivity contribution is 0.0994. The van der Waals surface area contributed by atoms with Crippen molar-refractivity contribution in [3.05, 3.63) is 108 Å². The number of benzene rings is 3. The summed E-state index contributed by atoms with van der Waals surface area (Å²) in [5, 5.41) is 7.55. The Morgan fingerprint density at radius 1 is 0.853 bits per heavy atom. The molecule has 0 saturated carbocycles. The van der Waals surface area contributed by atoms with Crippen LogP contribution in [0.4, 0.5) is 11.4 Å². The van der Waals surface area contributed by atoms with Crippen LogP contribution < -0.4 is 15.5 Å². The minimum Gasteiger partial charge on any atom is -0.457 e. The van der Waals surface area contributed by atoms with Crippen LogP contribution in [0.15, 0.2) is 94.4 Å². The minimum atomic E-state index is -0.279. The molecular weight excluding hydrogens is 426 g/mol. The third-order valence-electron chi connectivity index (χ3n) is 5.72. The number of ether oxygens (including phenoxy) is 1. The third kappa shape index (κ3) is 4.71. The molecule has 1 heterocycles. The average molecular weight is 452 g/mol. The van der Waals surface area contributed by atoms with Crippen LogP contribution in [-0.2, 0) is 6.42 Å². The van der Waals surface area contributed by atoms with Crippen molar-refractivity contribution in [1.82, 2.24) is 0 Å². The van der Waals surface area contributed by atoms with E-state index in [-0.39, 0.29) is 5.91 Å². The summed E-state index contributed by atoms with van der Waals surface area (Å²) in [5.74, 6) is 2.31. The summed E-state index contributed by atoms with van der Waals surface area (Å²) in [4.78, 5) is 13.0. The summed E-state index contributed by atoms with van der Waals surface area (Å²) in [6.45, 7) is 1.91. The minimum absolute atomic E-state index is 0.279. The zero-order valence-corrected chi connectivity index (χ0v) is 18.9. The zero-order chi connectivity index (χ0) is 23.3. The van der Waals surface area contributed by atoms with Crippen LogP contribution in [0.2, 0.25) is 0 Å². The number of nitrogens with zero attached hydrogens (tertiary/aromatic N) is 1. The van der Waals surface area contributed by atoms with Crippen LogP contribution in [0.3, 0.4) is 0 Å². The topological polar surface area (TPSA) is 75.9 Å². The van der Waals surface area contributed by atoms with Crippen molar-refractivity contribution in [3.8, 4) is 11.5 Å². The molecule has 0 aliphatic heterocycles. The van der Waals surface area contributed by atoms with E-state index in [1.807, 2.05) is 91.9 Å². The second-order valence-corrected chi connectivity index (χ2v) is 8.14. The van der Waals surface area contributed by atoms with E-state index in [0.29, 0.717) is 17.2 Å². The van der Waals surface area contributed by atoms with E-state index in [1.165, 1.54) is 0 Å². The Bertz CT molecular complexity index is 1310. The molecule has 0 radical (unpaired) electrons. The second-order valence-electron chi connectivity index (χ2n) is 8.14. The van der Waals surface area contributed by atoms with Crippen molar-refractivity contribution in [1.29, 1.82) is 0 Å². The van der Waals surface area contributed by atoms with E-state index in [2.05, 4.69) is 15.8 Å². The summed E-state index contributed by atoms with van der Waals surface area (Å²) in [6.07, 6.45) is 2.55. The molecule has 6 heteroatoms. The van der Waals surface area contributed by atoms with Crippen molar-refractivity contribution in [2.75, 3.05) is 10.7 Å². The molecule has 0 fully saturated rings. The first-order valence-electron chi connectivity index (χ1n) is 11.3. The van der Waals surface area contributed by atoms with Crippen LogP contribution in [-0.4, -0.2) is 11.6 Å². The van der Waals surface area contributed by atoms with Crippen LogP contribution in [0.5, 0.6) is 11.5 Å². The molecule has 170 valence electrons. The van der Waals surface area contributed by atoms with Gasteiger partial charge < -0.3 is 14.5 Å². The molecule has 6 nitrogen and oxygen atoms in total. The van der Waals surface area contributed by atoms with Gasteiger partial charge in [0.25, 0.3) is 5.91 Å². The number of rotatable bonds is 6. The molecule has 34 heavy (non-hydrogen) atoms. The Labute approximate surface area is 198 Å². The highest BCUT2D eigenvalue weighted by Crippen LogP contribution is 2.31. The number of carbonyl (C=O) groups is 1. The van der Waals surface area contributed by atoms with Gasteiger partial charge in [-0.1, -0.05) is 36.4 Å². The van der Waals surface area contributed by atoms with Crippen molar-refractivity contribution in [2.24, 2.45) is 5.10 Å². The second kappa shape index (κ2) is 9.67. The molecule has 0 atom stereocenters. The lowest BCUT2D eigenvalue weighted by atomic mass is 9.93. The van der Waals surface area contributed by atoms with Crippen molar-refractivity contribution < 1.29 is 13.9 Å². The molecule has 2 N–H and O–H groups in total. The predicted octanol–water partition coefficient (Wildman–Crippen LogP) is 6.79. The number of hydrogen-bond acceptors (Lipinski definition) is 5. The van der Waals surface area contributed by atoms with Gasteiger partial charge in [-0.15, -0.1) is 0 Å². The molecule has 0 spiro atoms. The first kappa shape index (κ1) is 21.5. The molecule has 0 unspecified atom stereocenters. The number of hydrogen-bond donors (Lipinski definition) is 2. The monoisotopic (exact) mass is 451 g/mol. The molecular formula is C28H25N3O3. The Morgan fingerprint density at radius 2 is 1.53 bits per heavy atom. The van der Waals surface area contributed by atoms with E-state index in [1.54, 1.807) is 0 Å². The highest BCUT2D eigenvalue weighted by atomic mass is 16.5. The number of fused-ring (bicyclic) bond motifs is 1. The Hall–Kier alpha value is -4.32. The molecule has 1 aliphatic rings. The van der Waals surface area contributed by atoms with Gasteiger partial charge in [-0.2, -0.15) is 5.10 Å². The number of anilines is 2. The van der Waals surface area contributed by atoms with E-state index in [9.17, 15) is 4.79 Å². The molecule has 1 aliphatic carbocycles. The quantitative estimate of drug-likeness (QED) is 0.317. The molecule has 0 saturated heterocycles. The maximum atomic E-state index is 13.0. The molecule has 1 amide bonds. The van der Waals surface area contributed by atoms with Gasteiger partial charge in [-0.05, 0) is 68.3 Å². The van der Waals surface area contributed by atoms with Gasteiger partial charge in [0, 0.05) is 23.2 Å². The highest BCUT2D eigenvalue weighted by molar-refractivity contribution is 6.09. The smallest absolute Gasteiger partial charge is 0.291 e. The van der Waals surface area contributed by atoms with Gasteiger partial charge in [0.15, 0.2) is 5.76 Å². The van der Waals surface area contributed by atoms with Gasteiger partial charge in [-0.3, -0.25) is 10.2 Å². The van der Waals surface area contributed by atoms with Crippen LogP contribution in [0.25, 0.3) is 0 Å². The van der Waals surface area contributed by atoms with Crippen LogP contribution >= 0.6 is 0 Å². The number of amides is 1. The first-order chi connectivity index (χ1) is 16.7. The fourth-order valence-corrected chi connectivity index (χ4v) is 4.06. The van der Waals surface area contributed by atoms with Gasteiger partial charge >= 0.3 is 0 Å². The number of nitrogens with one attached hydrogen (secondary N) is 2. The van der Waals surface area contributed by atoms with E-state index < -0.39 is 0 Å². The predicted molar refractivity (Wildman–Crippen MR) is 134 cm³/mol. The van der Waals surface area contributed by atoms with Crippen LogP contribution in [0.1, 0.15) is 40.3 Å². The number of furan rings is 1. The van der Waals surface area contributed by atoms with Crippen molar-refractivity contribution in [3.63, 3.8) is 0 Å². The van der Waals surface area contributed by atoms with E-state index in [0.717, 1.165) is 53.3 Å². The summed E-state index contributed by atoms with van der Waals surface area (Å²) in [7, 11) is 0.